The van der Waals surface area contributed by atoms with Crippen molar-refractivity contribution in [3.05, 3.63) is 30.0 Å². The number of hydrogen-bond donors (Lipinski definition) is 1. The lowest BCUT2D eigenvalue weighted by Crippen LogP contribution is -2.26. The van der Waals surface area contributed by atoms with Crippen LogP contribution < -0.4 is 4.74 Å². The minimum Gasteiger partial charge on any atom is -0.497 e. The third kappa shape index (κ3) is 2.18. The molecule has 1 aromatic carbocycles. The molecule has 0 aliphatic carbocycles. The smallest absolute Gasteiger partial charge is 0.309 e. The number of carbonyl (C=O) groups is 1. The van der Waals surface area contributed by atoms with Crippen LogP contribution in [0.15, 0.2) is 28.9 Å². The van der Waals surface area contributed by atoms with Crippen LogP contribution in [0.25, 0.3) is 11.0 Å². The van der Waals surface area contributed by atoms with E-state index in [4.69, 9.17) is 14.3 Å². The van der Waals surface area contributed by atoms with Crippen molar-refractivity contribution in [2.24, 2.45) is 5.41 Å². The van der Waals surface area contributed by atoms with E-state index < -0.39 is 11.4 Å². The number of ether oxygens (including phenoxy) is 1. The summed E-state index contributed by atoms with van der Waals surface area (Å²) in [6.07, 6.45) is 2.04. The molecule has 0 radical (unpaired) electrons. The molecule has 96 valence electrons. The second-order valence-electron chi connectivity index (χ2n) is 4.99. The Hall–Kier alpha value is -1.97. The maximum absolute atomic E-state index is 11.2. The summed E-state index contributed by atoms with van der Waals surface area (Å²) in [5.41, 5.74) is 0.808. The number of benzene rings is 1. The van der Waals surface area contributed by atoms with Crippen LogP contribution in [0, 0.1) is 5.41 Å². The van der Waals surface area contributed by atoms with Gasteiger partial charge in [-0.15, -0.1) is 0 Å². The molecule has 0 unspecified atom stereocenters. The number of aliphatic carboxylic acids is 1. The monoisotopic (exact) mass is 248 g/mol. The van der Waals surface area contributed by atoms with Gasteiger partial charge in [-0.1, -0.05) is 0 Å². The first-order valence-electron chi connectivity index (χ1n) is 5.71. The quantitative estimate of drug-likeness (QED) is 0.903. The summed E-state index contributed by atoms with van der Waals surface area (Å²) in [5, 5.41) is 10.1. The average Bonchev–Trinajstić information content (AvgIpc) is 2.71. The Morgan fingerprint density at radius 1 is 1.44 bits per heavy atom. The number of furan rings is 1. The topological polar surface area (TPSA) is 59.7 Å². The zero-order valence-electron chi connectivity index (χ0n) is 10.7. The van der Waals surface area contributed by atoms with E-state index in [9.17, 15) is 4.79 Å². The van der Waals surface area contributed by atoms with Gasteiger partial charge < -0.3 is 14.3 Å². The van der Waals surface area contributed by atoms with E-state index in [0.717, 1.165) is 22.3 Å². The lowest BCUT2D eigenvalue weighted by atomic mass is 9.86. The number of methoxy groups -OCH3 is 1. The average molecular weight is 248 g/mol. The molecule has 0 bridgehead atoms. The fourth-order valence-electron chi connectivity index (χ4n) is 1.88. The van der Waals surface area contributed by atoms with Gasteiger partial charge in [-0.2, -0.15) is 0 Å². The maximum atomic E-state index is 11.2. The Bertz CT molecular complexity index is 580. The third-order valence-corrected chi connectivity index (χ3v) is 3.07. The molecule has 0 atom stereocenters. The molecule has 1 aromatic heterocycles. The van der Waals surface area contributed by atoms with E-state index in [0.29, 0.717) is 6.42 Å². The minimum absolute atomic E-state index is 0.419. The molecule has 4 nitrogen and oxygen atoms in total. The van der Waals surface area contributed by atoms with Crippen molar-refractivity contribution < 1.29 is 19.1 Å². The van der Waals surface area contributed by atoms with Crippen molar-refractivity contribution in [1.82, 2.24) is 0 Å². The Morgan fingerprint density at radius 2 is 2.17 bits per heavy atom. The summed E-state index contributed by atoms with van der Waals surface area (Å²) in [7, 11) is 1.60. The third-order valence-electron chi connectivity index (χ3n) is 3.07. The van der Waals surface area contributed by atoms with Gasteiger partial charge in [-0.05, 0) is 44.0 Å². The van der Waals surface area contributed by atoms with Crippen molar-refractivity contribution in [1.29, 1.82) is 0 Å². The van der Waals surface area contributed by atoms with Gasteiger partial charge in [0, 0.05) is 5.39 Å². The zero-order chi connectivity index (χ0) is 13.3. The van der Waals surface area contributed by atoms with Gasteiger partial charge in [-0.3, -0.25) is 4.79 Å². The van der Waals surface area contributed by atoms with E-state index in [1.165, 1.54) is 0 Å². The number of hydrogen-bond acceptors (Lipinski definition) is 3. The number of rotatable bonds is 4. The highest BCUT2D eigenvalue weighted by Gasteiger charge is 2.28. The molecule has 0 amide bonds. The number of fused-ring (bicyclic) bond motifs is 1. The second kappa shape index (κ2) is 4.37. The normalized spacial score (nSPS) is 11.7. The standard InChI is InChI=1S/C14H16O4/c1-14(2,13(15)16)7-9-8-18-12-5-4-10(17-3)6-11(9)12/h4-6,8H,7H2,1-3H3,(H,15,16). The molecule has 0 saturated carbocycles. The summed E-state index contributed by atoms with van der Waals surface area (Å²) in [5.74, 6) is -0.0852. The maximum Gasteiger partial charge on any atom is 0.309 e. The minimum atomic E-state index is -0.820. The Morgan fingerprint density at radius 3 is 2.78 bits per heavy atom. The van der Waals surface area contributed by atoms with Gasteiger partial charge in [0.2, 0.25) is 0 Å². The predicted molar refractivity (Wildman–Crippen MR) is 67.9 cm³/mol. The van der Waals surface area contributed by atoms with Crippen LogP contribution in [0.4, 0.5) is 0 Å². The van der Waals surface area contributed by atoms with E-state index in [2.05, 4.69) is 0 Å². The molecule has 1 N–H and O–H groups in total. The highest BCUT2D eigenvalue weighted by atomic mass is 16.5. The fourth-order valence-corrected chi connectivity index (χ4v) is 1.88. The molecule has 0 saturated heterocycles. The first kappa shape index (κ1) is 12.5. The Balaban J connectivity index is 2.42. The van der Waals surface area contributed by atoms with Gasteiger partial charge in [0.05, 0.1) is 18.8 Å². The first-order chi connectivity index (χ1) is 8.44. The number of carboxylic acids is 1. The molecule has 1 heterocycles. The number of carboxylic acid groups (broad SMARTS) is 1. The van der Waals surface area contributed by atoms with Crippen molar-refractivity contribution in [3.63, 3.8) is 0 Å². The molecule has 18 heavy (non-hydrogen) atoms. The Labute approximate surface area is 105 Å². The van der Waals surface area contributed by atoms with E-state index in [-0.39, 0.29) is 0 Å². The van der Waals surface area contributed by atoms with Crippen LogP contribution in [0.3, 0.4) is 0 Å². The van der Waals surface area contributed by atoms with E-state index in [1.807, 2.05) is 18.2 Å². The molecule has 0 aliphatic heterocycles. The van der Waals surface area contributed by atoms with E-state index in [1.54, 1.807) is 27.2 Å². The Kier molecular flexibility index (Phi) is 3.03. The summed E-state index contributed by atoms with van der Waals surface area (Å²) in [6, 6.07) is 5.51. The largest absolute Gasteiger partial charge is 0.497 e. The van der Waals surface area contributed by atoms with Gasteiger partial charge in [0.1, 0.15) is 11.3 Å². The molecule has 0 fully saturated rings. The molecule has 2 rings (SSSR count). The molecular weight excluding hydrogens is 232 g/mol. The van der Waals surface area contributed by atoms with Crippen LogP contribution in [0.5, 0.6) is 5.75 Å². The lowest BCUT2D eigenvalue weighted by Gasteiger charge is -2.17. The molecule has 0 spiro atoms. The summed E-state index contributed by atoms with van der Waals surface area (Å²) in [6.45, 7) is 3.41. The predicted octanol–water partition coefficient (Wildman–Crippen LogP) is 3.09. The van der Waals surface area contributed by atoms with Crippen molar-refractivity contribution in [3.8, 4) is 5.75 Å². The van der Waals surface area contributed by atoms with Crippen LogP contribution in [-0.4, -0.2) is 18.2 Å². The van der Waals surface area contributed by atoms with Crippen LogP contribution >= 0.6 is 0 Å². The molecule has 4 heteroatoms. The summed E-state index contributed by atoms with van der Waals surface area (Å²) >= 11 is 0. The van der Waals surface area contributed by atoms with Gasteiger partial charge in [0.25, 0.3) is 0 Å². The first-order valence-corrected chi connectivity index (χ1v) is 5.71. The lowest BCUT2D eigenvalue weighted by molar-refractivity contribution is -0.146. The zero-order valence-corrected chi connectivity index (χ0v) is 10.7. The van der Waals surface area contributed by atoms with Crippen molar-refractivity contribution in [2.75, 3.05) is 7.11 Å². The molecule has 2 aromatic rings. The van der Waals surface area contributed by atoms with Crippen molar-refractivity contribution >= 4 is 16.9 Å². The van der Waals surface area contributed by atoms with Crippen LogP contribution in [-0.2, 0) is 11.2 Å². The van der Waals surface area contributed by atoms with E-state index >= 15 is 0 Å². The fraction of sp³-hybridized carbons (Fsp3) is 0.357. The second-order valence-corrected chi connectivity index (χ2v) is 4.99. The highest BCUT2D eigenvalue weighted by Crippen LogP contribution is 2.31. The van der Waals surface area contributed by atoms with Crippen LogP contribution in [0.1, 0.15) is 19.4 Å². The molecular formula is C14H16O4. The molecule has 0 aliphatic rings. The summed E-state index contributed by atoms with van der Waals surface area (Å²) in [4.78, 5) is 11.2. The van der Waals surface area contributed by atoms with Gasteiger partial charge in [0.15, 0.2) is 0 Å². The van der Waals surface area contributed by atoms with Gasteiger partial charge >= 0.3 is 5.97 Å². The SMILES string of the molecule is COc1ccc2occ(CC(C)(C)C(=O)O)c2c1. The summed E-state index contributed by atoms with van der Waals surface area (Å²) < 4.78 is 10.6. The highest BCUT2D eigenvalue weighted by molar-refractivity contribution is 5.84. The van der Waals surface area contributed by atoms with Gasteiger partial charge in [-0.25, -0.2) is 0 Å². The van der Waals surface area contributed by atoms with Crippen LogP contribution in [0.2, 0.25) is 0 Å². The van der Waals surface area contributed by atoms with Crippen molar-refractivity contribution in [2.45, 2.75) is 20.3 Å².